The predicted molar refractivity (Wildman–Crippen MR) is 81.7 cm³/mol. The Balaban J connectivity index is 0.00000220. The van der Waals surface area contributed by atoms with Crippen molar-refractivity contribution in [3.63, 3.8) is 0 Å². The molecule has 0 radical (unpaired) electrons. The van der Waals surface area contributed by atoms with Gasteiger partial charge in [0.25, 0.3) is 0 Å². The summed E-state index contributed by atoms with van der Waals surface area (Å²) in [6, 6.07) is 6.71. The van der Waals surface area contributed by atoms with Crippen molar-refractivity contribution < 1.29 is 14.4 Å². The number of benzene rings is 1. The van der Waals surface area contributed by atoms with E-state index in [1.165, 1.54) is 12.3 Å². The Hall–Kier alpha value is -1.79. The maximum absolute atomic E-state index is 10.9. The highest BCUT2D eigenvalue weighted by molar-refractivity contribution is 5.85. The normalized spacial score (nSPS) is 17.2. The molecule has 1 aliphatic heterocycles. The first-order chi connectivity index (χ1) is 9.58. The zero-order valence-corrected chi connectivity index (χ0v) is 12.8. The van der Waals surface area contributed by atoms with Gasteiger partial charge in [0, 0.05) is 18.7 Å². The molecule has 116 valence electrons. The zero-order valence-electron chi connectivity index (χ0n) is 12.0. The average Bonchev–Trinajstić information content (AvgIpc) is 2.45. The van der Waals surface area contributed by atoms with Crippen LogP contribution in [0.25, 0.3) is 0 Å². The summed E-state index contributed by atoms with van der Waals surface area (Å²) in [7, 11) is 0. The van der Waals surface area contributed by atoms with E-state index in [2.05, 4.69) is 18.7 Å². The number of para-hydroxylation sites is 2. The molecule has 7 heteroatoms. The fourth-order valence-electron chi connectivity index (χ4n) is 1.97. The molecule has 1 fully saturated rings. The Morgan fingerprint density at radius 2 is 2.14 bits per heavy atom. The Labute approximate surface area is 129 Å². The standard InChI is InChI=1S/C14H18N2O4.ClH/c1-11(2)15-7-8-19-12(9-15)10-20-14-6-4-3-5-13(14)16(17)18;/h3-6,10-11H,7-9H2,1-2H3;1H. The third kappa shape index (κ3) is 4.61. The number of halogens is 1. The number of morpholine rings is 1. The maximum Gasteiger partial charge on any atom is 0.311 e. The first-order valence-electron chi connectivity index (χ1n) is 6.54. The summed E-state index contributed by atoms with van der Waals surface area (Å²) in [5.74, 6) is 0.901. The Morgan fingerprint density at radius 1 is 1.43 bits per heavy atom. The molecule has 1 aliphatic rings. The van der Waals surface area contributed by atoms with E-state index in [1.54, 1.807) is 18.2 Å². The summed E-state index contributed by atoms with van der Waals surface area (Å²) >= 11 is 0. The minimum atomic E-state index is -0.462. The number of hydrogen-bond acceptors (Lipinski definition) is 5. The van der Waals surface area contributed by atoms with E-state index in [4.69, 9.17) is 9.47 Å². The van der Waals surface area contributed by atoms with E-state index >= 15 is 0 Å². The molecule has 1 aromatic rings. The topological polar surface area (TPSA) is 64.8 Å². The Bertz CT molecular complexity index is 519. The van der Waals surface area contributed by atoms with E-state index in [0.717, 1.165) is 6.54 Å². The summed E-state index contributed by atoms with van der Waals surface area (Å²) in [5.41, 5.74) is -0.0547. The largest absolute Gasteiger partial charge is 0.492 e. The summed E-state index contributed by atoms with van der Waals surface area (Å²) in [6.07, 6.45) is 1.46. The lowest BCUT2D eigenvalue weighted by molar-refractivity contribution is -0.385. The lowest BCUT2D eigenvalue weighted by Gasteiger charge is -2.31. The molecule has 1 aromatic carbocycles. The van der Waals surface area contributed by atoms with E-state index in [9.17, 15) is 10.1 Å². The molecule has 0 amide bonds. The number of hydrogen-bond donors (Lipinski definition) is 0. The number of nitro benzene ring substituents is 1. The van der Waals surface area contributed by atoms with E-state index in [-0.39, 0.29) is 23.8 Å². The lowest BCUT2D eigenvalue weighted by atomic mass is 10.3. The van der Waals surface area contributed by atoms with Gasteiger partial charge in [0.2, 0.25) is 5.75 Å². The minimum Gasteiger partial charge on any atom is -0.492 e. The first kappa shape index (κ1) is 17.3. The van der Waals surface area contributed by atoms with Gasteiger partial charge in [-0.25, -0.2) is 0 Å². The SMILES string of the molecule is CC(C)N1CCOC(=COc2ccccc2[N+](=O)[O-])C1.Cl. The molecular formula is C14H19ClN2O4. The Kier molecular flexibility index (Phi) is 6.45. The molecule has 0 unspecified atom stereocenters. The van der Waals surface area contributed by atoms with Crippen LogP contribution in [0.15, 0.2) is 36.3 Å². The van der Waals surface area contributed by atoms with Crippen LogP contribution in [0.5, 0.6) is 5.75 Å². The monoisotopic (exact) mass is 314 g/mol. The number of rotatable bonds is 4. The molecule has 0 saturated carbocycles. The molecule has 1 saturated heterocycles. The second kappa shape index (κ2) is 7.85. The molecule has 1 heterocycles. The predicted octanol–water partition coefficient (Wildman–Crippen LogP) is 2.98. The number of ether oxygens (including phenoxy) is 2. The second-order valence-electron chi connectivity index (χ2n) is 4.84. The number of nitro groups is 1. The smallest absolute Gasteiger partial charge is 0.311 e. The number of nitrogens with zero attached hydrogens (tertiary/aromatic N) is 2. The molecule has 6 nitrogen and oxygen atoms in total. The summed E-state index contributed by atoms with van der Waals surface area (Å²) in [5, 5.41) is 10.9. The highest BCUT2D eigenvalue weighted by Crippen LogP contribution is 2.26. The summed E-state index contributed by atoms with van der Waals surface area (Å²) in [6.45, 7) is 6.36. The van der Waals surface area contributed by atoms with Gasteiger partial charge in [0.05, 0.1) is 11.5 Å². The zero-order chi connectivity index (χ0) is 14.5. The van der Waals surface area contributed by atoms with Gasteiger partial charge < -0.3 is 9.47 Å². The van der Waals surface area contributed by atoms with Crippen LogP contribution in [0, 0.1) is 10.1 Å². The van der Waals surface area contributed by atoms with E-state index < -0.39 is 4.92 Å². The average molecular weight is 315 g/mol. The van der Waals surface area contributed by atoms with Crippen LogP contribution < -0.4 is 4.74 Å². The van der Waals surface area contributed by atoms with Crippen molar-refractivity contribution in [1.82, 2.24) is 4.90 Å². The van der Waals surface area contributed by atoms with Crippen LogP contribution in [0.1, 0.15) is 13.8 Å². The third-order valence-electron chi connectivity index (χ3n) is 3.13. The van der Waals surface area contributed by atoms with Crippen LogP contribution in [0.3, 0.4) is 0 Å². The van der Waals surface area contributed by atoms with Gasteiger partial charge in [-0.2, -0.15) is 0 Å². The fourth-order valence-corrected chi connectivity index (χ4v) is 1.97. The van der Waals surface area contributed by atoms with Crippen LogP contribution >= 0.6 is 12.4 Å². The third-order valence-corrected chi connectivity index (χ3v) is 3.13. The molecule has 0 aliphatic carbocycles. The lowest BCUT2D eigenvalue weighted by Crippen LogP contribution is -2.39. The van der Waals surface area contributed by atoms with Gasteiger partial charge in [0.1, 0.15) is 18.6 Å². The Morgan fingerprint density at radius 3 is 2.81 bits per heavy atom. The van der Waals surface area contributed by atoms with Gasteiger partial charge in [-0.3, -0.25) is 15.0 Å². The van der Waals surface area contributed by atoms with Crippen molar-refractivity contribution >= 4 is 18.1 Å². The second-order valence-corrected chi connectivity index (χ2v) is 4.84. The van der Waals surface area contributed by atoms with Crippen LogP contribution in [-0.2, 0) is 4.74 Å². The molecular weight excluding hydrogens is 296 g/mol. The maximum atomic E-state index is 10.9. The van der Waals surface area contributed by atoms with Gasteiger partial charge in [-0.05, 0) is 19.9 Å². The molecule has 0 spiro atoms. The molecule has 0 aromatic heterocycles. The summed E-state index contributed by atoms with van der Waals surface area (Å²) < 4.78 is 10.9. The van der Waals surface area contributed by atoms with Crippen molar-refractivity contribution in [2.75, 3.05) is 19.7 Å². The first-order valence-corrected chi connectivity index (χ1v) is 6.54. The van der Waals surface area contributed by atoms with Crippen LogP contribution in [0.4, 0.5) is 5.69 Å². The van der Waals surface area contributed by atoms with Crippen molar-refractivity contribution in [3.8, 4) is 5.75 Å². The van der Waals surface area contributed by atoms with Crippen molar-refractivity contribution in [1.29, 1.82) is 0 Å². The molecule has 0 N–H and O–H groups in total. The van der Waals surface area contributed by atoms with Gasteiger partial charge >= 0.3 is 5.69 Å². The molecule has 2 rings (SSSR count). The van der Waals surface area contributed by atoms with Gasteiger partial charge in [-0.1, -0.05) is 12.1 Å². The highest BCUT2D eigenvalue weighted by Gasteiger charge is 2.19. The van der Waals surface area contributed by atoms with E-state index in [1.807, 2.05) is 0 Å². The van der Waals surface area contributed by atoms with E-state index in [0.29, 0.717) is 25.0 Å². The minimum absolute atomic E-state index is 0. The quantitative estimate of drug-likeness (QED) is 0.485. The van der Waals surface area contributed by atoms with Crippen LogP contribution in [-0.4, -0.2) is 35.6 Å². The van der Waals surface area contributed by atoms with Gasteiger partial charge in [0.15, 0.2) is 0 Å². The molecule has 0 bridgehead atoms. The fraction of sp³-hybridized carbons (Fsp3) is 0.429. The van der Waals surface area contributed by atoms with Crippen molar-refractivity contribution in [2.45, 2.75) is 19.9 Å². The van der Waals surface area contributed by atoms with Crippen molar-refractivity contribution in [3.05, 3.63) is 46.4 Å². The van der Waals surface area contributed by atoms with Crippen molar-refractivity contribution in [2.24, 2.45) is 0 Å². The van der Waals surface area contributed by atoms with Gasteiger partial charge in [-0.15, -0.1) is 12.4 Å². The summed E-state index contributed by atoms with van der Waals surface area (Å²) in [4.78, 5) is 12.7. The molecule has 0 atom stereocenters. The molecule has 21 heavy (non-hydrogen) atoms. The van der Waals surface area contributed by atoms with Crippen LogP contribution in [0.2, 0.25) is 0 Å². The highest BCUT2D eigenvalue weighted by atomic mass is 35.5.